The molecule has 0 aliphatic rings. The highest BCUT2D eigenvalue weighted by Crippen LogP contribution is 2.26. The molecule has 2 aromatic rings. The van der Waals surface area contributed by atoms with Gasteiger partial charge in [-0.2, -0.15) is 0 Å². The molecular formula is C9H7NO4S. The first-order chi connectivity index (χ1) is 7.13. The monoisotopic (exact) mass is 225 g/mol. The maximum atomic E-state index is 11.3. The first-order valence-electron chi connectivity index (χ1n) is 4.05. The first kappa shape index (κ1) is 9.72. The lowest BCUT2D eigenvalue weighted by Gasteiger charge is -1.94. The van der Waals surface area contributed by atoms with Gasteiger partial charge in [0.15, 0.2) is 0 Å². The molecule has 6 heteroatoms. The van der Waals surface area contributed by atoms with E-state index in [-0.39, 0.29) is 5.69 Å². The maximum Gasteiger partial charge on any atom is 0.352 e. The number of rotatable bonds is 2. The van der Waals surface area contributed by atoms with Crippen molar-refractivity contribution in [3.63, 3.8) is 0 Å². The summed E-state index contributed by atoms with van der Waals surface area (Å²) in [6.45, 7) is 0. The fourth-order valence-corrected chi connectivity index (χ4v) is 2.21. The molecule has 2 aromatic heterocycles. The number of aromatic amines is 1. The lowest BCUT2D eigenvalue weighted by molar-refractivity contribution is 0.0601. The normalized spacial score (nSPS) is 10.5. The van der Waals surface area contributed by atoms with Crippen LogP contribution in [0.3, 0.4) is 0 Å². The lowest BCUT2D eigenvalue weighted by atomic mass is 10.3. The second kappa shape index (κ2) is 3.39. The van der Waals surface area contributed by atoms with Gasteiger partial charge in [-0.3, -0.25) is 0 Å². The predicted molar refractivity (Wildman–Crippen MR) is 54.5 cm³/mol. The van der Waals surface area contributed by atoms with Gasteiger partial charge in [-0.15, -0.1) is 11.3 Å². The Bertz CT molecular complexity index is 539. The van der Waals surface area contributed by atoms with Crippen LogP contribution in [-0.2, 0) is 4.74 Å². The number of aromatic carboxylic acids is 1. The van der Waals surface area contributed by atoms with Gasteiger partial charge >= 0.3 is 11.9 Å². The highest BCUT2D eigenvalue weighted by molar-refractivity contribution is 7.17. The molecule has 0 aromatic carbocycles. The van der Waals surface area contributed by atoms with E-state index in [4.69, 9.17) is 5.11 Å². The van der Waals surface area contributed by atoms with Crippen LogP contribution in [0, 0.1) is 0 Å². The first-order valence-corrected chi connectivity index (χ1v) is 4.93. The second-order valence-electron chi connectivity index (χ2n) is 2.87. The number of hydrogen-bond donors (Lipinski definition) is 2. The summed E-state index contributed by atoms with van der Waals surface area (Å²) in [5, 5.41) is 10.4. The summed E-state index contributed by atoms with van der Waals surface area (Å²) >= 11 is 1.30. The number of carbonyl (C=O) groups excluding carboxylic acids is 1. The van der Waals surface area contributed by atoms with E-state index in [0.717, 1.165) is 4.70 Å². The van der Waals surface area contributed by atoms with Crippen LogP contribution in [-0.4, -0.2) is 29.1 Å². The number of thiophene rings is 1. The van der Waals surface area contributed by atoms with E-state index in [9.17, 15) is 9.59 Å². The standard InChI is InChI=1S/C9H7NO4S/c1-14-9(13)4-3-15-6-2-5(8(11)12)10-7(4)6/h2-3,10H,1H3,(H,11,12). The van der Waals surface area contributed by atoms with Gasteiger partial charge in [-0.1, -0.05) is 0 Å². The van der Waals surface area contributed by atoms with Gasteiger partial charge in [-0.05, 0) is 6.07 Å². The highest BCUT2D eigenvalue weighted by atomic mass is 32.1. The molecule has 0 amide bonds. The molecule has 0 radical (unpaired) electrons. The molecule has 0 saturated carbocycles. The number of ether oxygens (including phenoxy) is 1. The van der Waals surface area contributed by atoms with E-state index in [1.54, 1.807) is 5.38 Å². The lowest BCUT2D eigenvalue weighted by Crippen LogP contribution is -2.00. The molecule has 0 spiro atoms. The van der Waals surface area contributed by atoms with Crippen molar-refractivity contribution in [3.05, 3.63) is 22.7 Å². The second-order valence-corrected chi connectivity index (χ2v) is 3.78. The van der Waals surface area contributed by atoms with Gasteiger partial charge in [0.25, 0.3) is 0 Å². The molecule has 2 N–H and O–H groups in total. The number of carbonyl (C=O) groups is 2. The molecule has 0 fully saturated rings. The minimum atomic E-state index is -1.05. The van der Waals surface area contributed by atoms with Crippen molar-refractivity contribution in [2.75, 3.05) is 7.11 Å². The van der Waals surface area contributed by atoms with Gasteiger partial charge in [-0.25, -0.2) is 9.59 Å². The van der Waals surface area contributed by atoms with Gasteiger partial charge in [0.1, 0.15) is 5.69 Å². The van der Waals surface area contributed by atoms with Gasteiger partial charge in [0.05, 0.1) is 22.9 Å². The Kier molecular flexibility index (Phi) is 2.20. The zero-order valence-corrected chi connectivity index (χ0v) is 8.55. The number of carboxylic acids is 1. The number of methoxy groups -OCH3 is 1. The number of hydrogen-bond acceptors (Lipinski definition) is 4. The third kappa shape index (κ3) is 1.48. The molecular weight excluding hydrogens is 218 g/mol. The van der Waals surface area contributed by atoms with Crippen molar-refractivity contribution in [2.45, 2.75) is 0 Å². The Hall–Kier alpha value is -1.82. The summed E-state index contributed by atoms with van der Waals surface area (Å²) < 4.78 is 5.30. The third-order valence-corrected chi connectivity index (χ3v) is 2.92. The zero-order valence-electron chi connectivity index (χ0n) is 7.73. The van der Waals surface area contributed by atoms with Crippen LogP contribution in [0.25, 0.3) is 10.2 Å². The number of H-pyrrole nitrogens is 1. The Morgan fingerprint density at radius 1 is 1.53 bits per heavy atom. The van der Waals surface area contributed by atoms with E-state index in [1.807, 2.05) is 0 Å². The van der Waals surface area contributed by atoms with E-state index < -0.39 is 11.9 Å². The predicted octanol–water partition coefficient (Wildman–Crippen LogP) is 1.71. The molecule has 78 valence electrons. The number of esters is 1. The average Bonchev–Trinajstić information content (AvgIpc) is 2.74. The molecule has 0 bridgehead atoms. The molecule has 0 atom stereocenters. The summed E-state index contributed by atoms with van der Waals surface area (Å²) in [5.74, 6) is -1.52. The Morgan fingerprint density at radius 2 is 2.27 bits per heavy atom. The molecule has 0 saturated heterocycles. The maximum absolute atomic E-state index is 11.3. The Labute approximate surface area is 88.3 Å². The van der Waals surface area contributed by atoms with E-state index in [0.29, 0.717) is 11.1 Å². The fourth-order valence-electron chi connectivity index (χ4n) is 1.29. The molecule has 0 aliphatic carbocycles. The van der Waals surface area contributed by atoms with Crippen LogP contribution in [0.15, 0.2) is 11.4 Å². The van der Waals surface area contributed by atoms with Crippen LogP contribution in [0.5, 0.6) is 0 Å². The quantitative estimate of drug-likeness (QED) is 0.762. The van der Waals surface area contributed by atoms with E-state index >= 15 is 0 Å². The minimum absolute atomic E-state index is 0.0713. The van der Waals surface area contributed by atoms with E-state index in [1.165, 1.54) is 24.5 Å². The fraction of sp³-hybridized carbons (Fsp3) is 0.111. The molecule has 15 heavy (non-hydrogen) atoms. The summed E-state index contributed by atoms with van der Waals surface area (Å²) in [6, 6.07) is 1.49. The smallest absolute Gasteiger partial charge is 0.352 e. The average molecular weight is 225 g/mol. The van der Waals surface area contributed by atoms with Crippen molar-refractivity contribution >= 4 is 33.5 Å². The summed E-state index contributed by atoms with van der Waals surface area (Å²) in [7, 11) is 1.28. The summed E-state index contributed by atoms with van der Waals surface area (Å²) in [6.07, 6.45) is 0. The topological polar surface area (TPSA) is 79.4 Å². The largest absolute Gasteiger partial charge is 0.477 e. The van der Waals surface area contributed by atoms with Crippen LogP contribution < -0.4 is 0 Å². The molecule has 0 unspecified atom stereocenters. The number of fused-ring (bicyclic) bond motifs is 1. The SMILES string of the molecule is COC(=O)c1csc2cc(C(=O)O)[nH]c12. The third-order valence-electron chi connectivity index (χ3n) is 1.99. The Morgan fingerprint density at radius 3 is 2.87 bits per heavy atom. The van der Waals surface area contributed by atoms with Crippen LogP contribution in [0.1, 0.15) is 20.8 Å². The van der Waals surface area contributed by atoms with E-state index in [2.05, 4.69) is 9.72 Å². The van der Waals surface area contributed by atoms with Crippen molar-refractivity contribution in [2.24, 2.45) is 0 Å². The van der Waals surface area contributed by atoms with Crippen LogP contribution in [0.2, 0.25) is 0 Å². The minimum Gasteiger partial charge on any atom is -0.477 e. The summed E-state index contributed by atoms with van der Waals surface area (Å²) in [5.41, 5.74) is 0.955. The van der Waals surface area contributed by atoms with Crippen molar-refractivity contribution < 1.29 is 19.4 Å². The van der Waals surface area contributed by atoms with Crippen LogP contribution >= 0.6 is 11.3 Å². The number of nitrogens with one attached hydrogen (secondary N) is 1. The van der Waals surface area contributed by atoms with Gasteiger partial charge in [0.2, 0.25) is 0 Å². The van der Waals surface area contributed by atoms with Crippen molar-refractivity contribution in [1.29, 1.82) is 0 Å². The molecule has 5 nitrogen and oxygen atoms in total. The molecule has 2 rings (SSSR count). The number of aromatic nitrogens is 1. The van der Waals surface area contributed by atoms with Crippen molar-refractivity contribution in [1.82, 2.24) is 4.98 Å². The molecule has 0 aliphatic heterocycles. The summed E-state index contributed by atoms with van der Waals surface area (Å²) in [4.78, 5) is 24.6. The van der Waals surface area contributed by atoms with Crippen molar-refractivity contribution in [3.8, 4) is 0 Å². The highest BCUT2D eigenvalue weighted by Gasteiger charge is 2.16. The van der Waals surface area contributed by atoms with Crippen LogP contribution in [0.4, 0.5) is 0 Å². The zero-order chi connectivity index (χ0) is 11.0. The van der Waals surface area contributed by atoms with Gasteiger partial charge < -0.3 is 14.8 Å². The van der Waals surface area contributed by atoms with Gasteiger partial charge in [0, 0.05) is 5.38 Å². The number of carboxylic acid groups (broad SMARTS) is 1. The molecule has 2 heterocycles. The Balaban J connectivity index is 2.58.